The number of nitrogens with zero attached hydrogens (tertiary/aromatic N) is 1. The Kier molecular flexibility index (Phi) is 5.12. The molecular formula is C41H27NO2SeSi. The number of benzene rings is 5. The van der Waals surface area contributed by atoms with Gasteiger partial charge in [-0.3, -0.25) is 0 Å². The van der Waals surface area contributed by atoms with Crippen LogP contribution in [0.15, 0.2) is 127 Å². The number of carbonyl (C=O) groups is 2. The fraction of sp³-hybridized carbons (Fsp3) is 0.0732. The van der Waals surface area contributed by atoms with Crippen molar-refractivity contribution < 1.29 is 9.59 Å². The van der Waals surface area contributed by atoms with Crippen molar-refractivity contribution in [1.82, 2.24) is 0 Å². The number of hydrogen-bond acceptors (Lipinski definition) is 3. The number of allylic oxidation sites excluding steroid dienone is 1. The van der Waals surface area contributed by atoms with Crippen molar-refractivity contribution in [3.8, 4) is 11.1 Å². The van der Waals surface area contributed by atoms with Gasteiger partial charge in [0.1, 0.15) is 0 Å². The Morgan fingerprint density at radius 3 is 1.83 bits per heavy atom. The van der Waals surface area contributed by atoms with Gasteiger partial charge in [-0.25, -0.2) is 0 Å². The fourth-order valence-electron chi connectivity index (χ4n) is 8.68. The Morgan fingerprint density at radius 1 is 0.609 bits per heavy atom. The van der Waals surface area contributed by atoms with E-state index in [9.17, 15) is 9.59 Å². The molecule has 10 rings (SSSR count). The molecule has 218 valence electrons. The summed E-state index contributed by atoms with van der Waals surface area (Å²) in [5, 5.41) is 2.89. The minimum atomic E-state index is -2.06. The van der Waals surface area contributed by atoms with Crippen molar-refractivity contribution >= 4 is 66.5 Å². The molecule has 3 nitrogen and oxygen atoms in total. The van der Waals surface area contributed by atoms with E-state index in [1.54, 1.807) is 12.1 Å². The van der Waals surface area contributed by atoms with Crippen molar-refractivity contribution in [1.29, 1.82) is 0 Å². The molecule has 2 aliphatic carbocycles. The molecule has 0 radical (unpaired) electrons. The molecule has 46 heavy (non-hydrogen) atoms. The molecule has 0 N–H and O–H groups in total. The SMILES string of the molecule is C[Si]1(C)c2ccccc2N2c3[se]c(C=C4C(=O)c5ccccc5C4=O)cc3C3(c4ccccc4-c4ccccc43)c3cccc1c32. The summed E-state index contributed by atoms with van der Waals surface area (Å²) in [6, 6.07) is 43.2. The third-order valence-corrected chi connectivity index (χ3v) is 16.4. The van der Waals surface area contributed by atoms with Crippen LogP contribution in [0.4, 0.5) is 15.9 Å². The number of Topliss-reactive ketones (excluding diaryl/α,β-unsaturated/α-hetero) is 2. The number of para-hydroxylation sites is 2. The number of carbonyl (C=O) groups excluding carboxylic acids is 2. The first-order valence-corrected chi connectivity index (χ1v) is 20.4. The zero-order valence-corrected chi connectivity index (χ0v) is 28.0. The van der Waals surface area contributed by atoms with E-state index in [2.05, 4.69) is 115 Å². The Morgan fingerprint density at radius 2 is 1.15 bits per heavy atom. The number of fused-ring (bicyclic) bond motifs is 12. The van der Waals surface area contributed by atoms with Gasteiger partial charge in [0, 0.05) is 0 Å². The summed E-state index contributed by atoms with van der Waals surface area (Å²) >= 11 is -0.155. The topological polar surface area (TPSA) is 37.4 Å². The Hall–Kier alpha value is -4.80. The predicted molar refractivity (Wildman–Crippen MR) is 189 cm³/mol. The third-order valence-electron chi connectivity index (χ3n) is 10.6. The van der Waals surface area contributed by atoms with Gasteiger partial charge in [-0.1, -0.05) is 0 Å². The summed E-state index contributed by atoms with van der Waals surface area (Å²) in [7, 11) is -2.06. The van der Waals surface area contributed by atoms with Crippen LogP contribution >= 0.6 is 0 Å². The van der Waals surface area contributed by atoms with Gasteiger partial charge < -0.3 is 0 Å². The van der Waals surface area contributed by atoms with Crippen molar-refractivity contribution in [3.63, 3.8) is 0 Å². The summed E-state index contributed by atoms with van der Waals surface area (Å²) in [6.45, 7) is 4.96. The Balaban J connectivity index is 1.33. The molecule has 4 aliphatic rings. The van der Waals surface area contributed by atoms with E-state index in [0.29, 0.717) is 11.1 Å². The molecule has 0 amide bonds. The molecule has 2 aliphatic heterocycles. The van der Waals surface area contributed by atoms with E-state index in [1.807, 2.05) is 18.2 Å². The fourth-order valence-corrected chi connectivity index (χ4v) is 14.1. The van der Waals surface area contributed by atoms with Gasteiger partial charge >= 0.3 is 275 Å². The second-order valence-corrected chi connectivity index (χ2v) is 19.7. The van der Waals surface area contributed by atoms with E-state index < -0.39 is 13.5 Å². The van der Waals surface area contributed by atoms with Gasteiger partial charge in [0.05, 0.1) is 0 Å². The van der Waals surface area contributed by atoms with Crippen LogP contribution in [0.5, 0.6) is 0 Å². The first kappa shape index (κ1) is 26.4. The Labute approximate surface area is 274 Å². The summed E-state index contributed by atoms with van der Waals surface area (Å²) in [5.41, 5.74) is 11.1. The normalized spacial score (nSPS) is 16.8. The van der Waals surface area contributed by atoms with Crippen LogP contribution in [-0.2, 0) is 5.41 Å². The molecular weight excluding hydrogens is 646 g/mol. The molecule has 0 bridgehead atoms. The van der Waals surface area contributed by atoms with E-state index in [1.165, 1.54) is 59.7 Å². The van der Waals surface area contributed by atoms with Crippen LogP contribution in [0, 0.1) is 0 Å². The zero-order chi connectivity index (χ0) is 30.9. The second-order valence-electron chi connectivity index (χ2n) is 13.1. The summed E-state index contributed by atoms with van der Waals surface area (Å²) in [5.74, 6) is -0.342. The van der Waals surface area contributed by atoms with Crippen molar-refractivity contribution in [2.45, 2.75) is 18.5 Å². The maximum absolute atomic E-state index is 13.5. The summed E-state index contributed by atoms with van der Waals surface area (Å²) in [4.78, 5) is 29.6. The number of hydrogen-bond donors (Lipinski definition) is 0. The van der Waals surface area contributed by atoms with E-state index in [0.717, 1.165) is 4.44 Å². The van der Waals surface area contributed by atoms with Crippen molar-refractivity contribution in [2.24, 2.45) is 0 Å². The van der Waals surface area contributed by atoms with Crippen LogP contribution in [0.3, 0.4) is 0 Å². The molecule has 1 spiro atoms. The summed E-state index contributed by atoms with van der Waals surface area (Å²) < 4.78 is 2.34. The average Bonchev–Trinajstić information content (AvgIpc) is 3.71. The van der Waals surface area contributed by atoms with Crippen molar-refractivity contribution in [2.75, 3.05) is 4.90 Å². The molecule has 0 saturated heterocycles. The maximum atomic E-state index is 13.5. The molecule has 0 unspecified atom stereocenters. The third kappa shape index (κ3) is 3.04. The minimum absolute atomic E-state index is 0.155. The molecule has 6 aromatic rings. The van der Waals surface area contributed by atoms with Crippen LogP contribution < -0.4 is 15.3 Å². The van der Waals surface area contributed by atoms with Gasteiger partial charge in [-0.2, -0.15) is 0 Å². The predicted octanol–water partition coefficient (Wildman–Crippen LogP) is 7.49. The van der Waals surface area contributed by atoms with Crippen LogP contribution in [0.1, 0.15) is 47.4 Å². The Bertz CT molecular complexity index is 2330. The number of rotatable bonds is 1. The number of ketones is 2. The standard InChI is InChI=1S/C41H27NO2SeSi/c1-46(2)35-20-10-9-19-34(35)42-37-32(18-11-21-36(37)46)41(30-16-7-5-12-25(30)26-13-6-8-17-31(26)41)33-23-24(45-40(33)42)22-29-38(43)27-14-3-4-15-28(27)39(29)44/h3-23H,1-2H3. The first-order chi connectivity index (χ1) is 22.4. The van der Waals surface area contributed by atoms with Gasteiger partial charge in [-0.05, 0) is 0 Å². The molecule has 1 aromatic heterocycles. The average molecular weight is 673 g/mol. The molecule has 3 heterocycles. The van der Waals surface area contributed by atoms with Gasteiger partial charge in [-0.15, -0.1) is 0 Å². The zero-order valence-electron chi connectivity index (χ0n) is 25.3. The van der Waals surface area contributed by atoms with E-state index in [4.69, 9.17) is 0 Å². The number of anilines is 3. The van der Waals surface area contributed by atoms with Crippen LogP contribution in [0.2, 0.25) is 13.1 Å². The molecule has 5 heteroatoms. The summed E-state index contributed by atoms with van der Waals surface area (Å²) in [6.07, 6.45) is 1.91. The molecule has 5 aromatic carbocycles. The molecule has 0 saturated carbocycles. The van der Waals surface area contributed by atoms with Crippen molar-refractivity contribution in [3.05, 3.63) is 165 Å². The van der Waals surface area contributed by atoms with E-state index >= 15 is 0 Å². The molecule has 0 atom stereocenters. The first-order valence-electron chi connectivity index (χ1n) is 15.7. The van der Waals surface area contributed by atoms with Gasteiger partial charge in [0.25, 0.3) is 0 Å². The molecule has 0 fully saturated rings. The van der Waals surface area contributed by atoms with Crippen LogP contribution in [-0.4, -0.2) is 34.1 Å². The van der Waals surface area contributed by atoms with Gasteiger partial charge in [0.15, 0.2) is 0 Å². The quantitative estimate of drug-likeness (QED) is 0.103. The van der Waals surface area contributed by atoms with E-state index in [-0.39, 0.29) is 31.6 Å². The van der Waals surface area contributed by atoms with Crippen LogP contribution in [0.25, 0.3) is 17.2 Å². The monoisotopic (exact) mass is 673 g/mol. The second kappa shape index (κ2) is 8.92. The van der Waals surface area contributed by atoms with Gasteiger partial charge in [0.2, 0.25) is 0 Å².